The third kappa shape index (κ3) is 3.48. The zero-order chi connectivity index (χ0) is 18.1. The Morgan fingerprint density at radius 3 is 2.62 bits per heavy atom. The molecule has 1 aliphatic heterocycles. The van der Waals surface area contributed by atoms with E-state index in [-0.39, 0.29) is 11.7 Å². The van der Waals surface area contributed by atoms with Gasteiger partial charge in [-0.2, -0.15) is 18.4 Å². The number of alkyl halides is 3. The summed E-state index contributed by atoms with van der Waals surface area (Å²) in [5.74, 6) is -0.286. The molecule has 0 bridgehead atoms. The standard InChI is InChI=1S/C17H19F3N2O2/c1-4-7-22-10-16(2,3)14(15(22)23)24-12-6-5-11(9-21)13(8-12)17(18,19)20/h5-6,8,14H,4,7,10H2,1-3H3/t14-/m1/s1. The molecule has 0 N–H and O–H groups in total. The highest BCUT2D eigenvalue weighted by Gasteiger charge is 2.48. The third-order valence-corrected chi connectivity index (χ3v) is 4.01. The van der Waals surface area contributed by atoms with Gasteiger partial charge in [0.05, 0.1) is 17.2 Å². The fourth-order valence-electron chi connectivity index (χ4n) is 2.89. The molecular formula is C17H19F3N2O2. The minimum Gasteiger partial charge on any atom is -0.480 e. The molecule has 0 aromatic heterocycles. The van der Waals surface area contributed by atoms with Crippen molar-refractivity contribution >= 4 is 5.91 Å². The summed E-state index contributed by atoms with van der Waals surface area (Å²) in [5, 5.41) is 8.82. The lowest BCUT2D eigenvalue weighted by Crippen LogP contribution is -2.36. The highest BCUT2D eigenvalue weighted by atomic mass is 19.4. The van der Waals surface area contributed by atoms with Gasteiger partial charge in [-0.1, -0.05) is 20.8 Å². The number of nitriles is 1. The summed E-state index contributed by atoms with van der Waals surface area (Å²) in [7, 11) is 0. The topological polar surface area (TPSA) is 53.3 Å². The molecule has 7 heteroatoms. The van der Waals surface area contributed by atoms with Crippen LogP contribution in [0.5, 0.6) is 5.75 Å². The molecule has 1 heterocycles. The molecule has 130 valence electrons. The van der Waals surface area contributed by atoms with E-state index in [1.54, 1.807) is 4.90 Å². The van der Waals surface area contributed by atoms with Gasteiger partial charge in [0, 0.05) is 18.5 Å². The van der Waals surface area contributed by atoms with Gasteiger partial charge >= 0.3 is 6.18 Å². The van der Waals surface area contributed by atoms with Gasteiger partial charge in [0.25, 0.3) is 5.91 Å². The number of carbonyl (C=O) groups excluding carboxylic acids is 1. The Labute approximate surface area is 138 Å². The molecule has 24 heavy (non-hydrogen) atoms. The predicted octanol–water partition coefficient (Wildman–Crippen LogP) is 3.60. The summed E-state index contributed by atoms with van der Waals surface area (Å²) >= 11 is 0. The van der Waals surface area contributed by atoms with Crippen molar-refractivity contribution in [1.29, 1.82) is 5.26 Å². The average Bonchev–Trinajstić information content (AvgIpc) is 2.70. The van der Waals surface area contributed by atoms with Crippen LogP contribution in [0.1, 0.15) is 38.3 Å². The molecule has 1 aliphatic rings. The fraction of sp³-hybridized carbons (Fsp3) is 0.529. The van der Waals surface area contributed by atoms with Crippen LogP contribution in [0, 0.1) is 16.7 Å². The number of carbonyl (C=O) groups is 1. The van der Waals surface area contributed by atoms with Crippen molar-refractivity contribution in [3.8, 4) is 11.8 Å². The number of rotatable bonds is 4. The molecule has 1 saturated heterocycles. The minimum atomic E-state index is -4.66. The molecule has 0 aliphatic carbocycles. The second kappa shape index (κ2) is 6.34. The normalized spacial score (nSPS) is 20.1. The lowest BCUT2D eigenvalue weighted by atomic mass is 9.89. The van der Waals surface area contributed by atoms with Gasteiger partial charge in [-0.3, -0.25) is 4.79 Å². The number of hydrogen-bond acceptors (Lipinski definition) is 3. The highest BCUT2D eigenvalue weighted by molar-refractivity contribution is 5.84. The zero-order valence-corrected chi connectivity index (χ0v) is 13.8. The Hall–Kier alpha value is -2.23. The van der Waals surface area contributed by atoms with Gasteiger partial charge in [-0.15, -0.1) is 0 Å². The predicted molar refractivity (Wildman–Crippen MR) is 81.2 cm³/mol. The van der Waals surface area contributed by atoms with Gasteiger partial charge in [0.1, 0.15) is 5.75 Å². The largest absolute Gasteiger partial charge is 0.480 e. The Bertz CT molecular complexity index is 677. The summed E-state index contributed by atoms with van der Waals surface area (Å²) in [4.78, 5) is 14.1. The number of ether oxygens (including phenoxy) is 1. The molecule has 4 nitrogen and oxygen atoms in total. The van der Waals surface area contributed by atoms with Crippen LogP contribution < -0.4 is 4.74 Å². The Morgan fingerprint density at radius 2 is 2.08 bits per heavy atom. The first-order chi connectivity index (χ1) is 11.1. The first kappa shape index (κ1) is 18.1. The van der Waals surface area contributed by atoms with Gasteiger partial charge < -0.3 is 9.64 Å². The van der Waals surface area contributed by atoms with Gasteiger partial charge in [0.2, 0.25) is 0 Å². The van der Waals surface area contributed by atoms with Crippen LogP contribution in [-0.4, -0.2) is 30.0 Å². The molecule has 1 atom stereocenters. The van der Waals surface area contributed by atoms with E-state index < -0.39 is 28.8 Å². The number of likely N-dealkylation sites (tertiary alicyclic amines) is 1. The quantitative estimate of drug-likeness (QED) is 0.841. The molecule has 2 rings (SSSR count). The molecule has 1 aromatic carbocycles. The van der Waals surface area contributed by atoms with Crippen LogP contribution in [0.4, 0.5) is 13.2 Å². The van der Waals surface area contributed by atoms with Gasteiger partial charge in [0.15, 0.2) is 6.10 Å². The van der Waals surface area contributed by atoms with Crippen LogP contribution in [0.2, 0.25) is 0 Å². The van der Waals surface area contributed by atoms with E-state index in [1.807, 2.05) is 20.8 Å². The van der Waals surface area contributed by atoms with Crippen molar-refractivity contribution in [2.75, 3.05) is 13.1 Å². The number of nitrogens with zero attached hydrogens (tertiary/aromatic N) is 2. The van der Waals surface area contributed by atoms with E-state index in [0.29, 0.717) is 13.1 Å². The van der Waals surface area contributed by atoms with E-state index in [0.717, 1.165) is 18.6 Å². The first-order valence-electron chi connectivity index (χ1n) is 7.67. The smallest absolute Gasteiger partial charge is 0.417 e. The van der Waals surface area contributed by atoms with Crippen LogP contribution in [-0.2, 0) is 11.0 Å². The molecule has 0 spiro atoms. The molecule has 0 radical (unpaired) electrons. The third-order valence-electron chi connectivity index (χ3n) is 4.01. The fourth-order valence-corrected chi connectivity index (χ4v) is 2.89. The maximum Gasteiger partial charge on any atom is 0.417 e. The molecule has 1 aromatic rings. The van der Waals surface area contributed by atoms with Crippen LogP contribution in [0.25, 0.3) is 0 Å². The molecule has 1 amide bonds. The van der Waals surface area contributed by atoms with Crippen molar-refractivity contribution in [3.63, 3.8) is 0 Å². The van der Waals surface area contributed by atoms with Crippen molar-refractivity contribution in [3.05, 3.63) is 29.3 Å². The van der Waals surface area contributed by atoms with Gasteiger partial charge in [-0.05, 0) is 24.6 Å². The maximum absolute atomic E-state index is 13.0. The molecule has 0 saturated carbocycles. The van der Waals surface area contributed by atoms with Crippen LogP contribution >= 0.6 is 0 Å². The van der Waals surface area contributed by atoms with E-state index in [4.69, 9.17) is 10.00 Å². The van der Waals surface area contributed by atoms with E-state index in [2.05, 4.69) is 0 Å². The maximum atomic E-state index is 13.0. The second-order valence-corrected chi connectivity index (χ2v) is 6.56. The summed E-state index contributed by atoms with van der Waals surface area (Å²) in [5.41, 5.74) is -2.05. The molecule has 1 fully saturated rings. The SMILES string of the molecule is CCCN1CC(C)(C)[C@H](Oc2ccc(C#N)c(C(F)(F)F)c2)C1=O. The van der Waals surface area contributed by atoms with E-state index in [9.17, 15) is 18.0 Å². The summed E-state index contributed by atoms with van der Waals surface area (Å²) in [6.45, 7) is 6.72. The van der Waals surface area contributed by atoms with E-state index in [1.165, 1.54) is 12.1 Å². The molecular weight excluding hydrogens is 321 g/mol. The van der Waals surface area contributed by atoms with Crippen molar-refractivity contribution in [2.45, 2.75) is 39.5 Å². The minimum absolute atomic E-state index is 0.0638. The summed E-state index contributed by atoms with van der Waals surface area (Å²) in [6.07, 6.45) is -4.71. The highest BCUT2D eigenvalue weighted by Crippen LogP contribution is 2.37. The first-order valence-corrected chi connectivity index (χ1v) is 7.67. The Balaban J connectivity index is 2.31. The van der Waals surface area contributed by atoms with Crippen molar-refractivity contribution < 1.29 is 22.7 Å². The summed E-state index contributed by atoms with van der Waals surface area (Å²) < 4.78 is 44.7. The van der Waals surface area contributed by atoms with E-state index >= 15 is 0 Å². The number of hydrogen-bond donors (Lipinski definition) is 0. The zero-order valence-electron chi connectivity index (χ0n) is 13.8. The Morgan fingerprint density at radius 1 is 1.42 bits per heavy atom. The van der Waals surface area contributed by atoms with Crippen LogP contribution in [0.15, 0.2) is 18.2 Å². The number of amides is 1. The number of halogens is 3. The molecule has 0 unspecified atom stereocenters. The van der Waals surface area contributed by atoms with Gasteiger partial charge in [-0.25, -0.2) is 0 Å². The van der Waals surface area contributed by atoms with Crippen molar-refractivity contribution in [1.82, 2.24) is 4.90 Å². The van der Waals surface area contributed by atoms with Crippen molar-refractivity contribution in [2.24, 2.45) is 5.41 Å². The number of benzene rings is 1. The monoisotopic (exact) mass is 340 g/mol. The summed E-state index contributed by atoms with van der Waals surface area (Å²) in [6, 6.07) is 4.66. The average molecular weight is 340 g/mol. The Kier molecular flexibility index (Phi) is 4.79. The lowest BCUT2D eigenvalue weighted by Gasteiger charge is -2.24. The second-order valence-electron chi connectivity index (χ2n) is 6.56. The lowest BCUT2D eigenvalue weighted by molar-refractivity contribution is -0.138. The van der Waals surface area contributed by atoms with Crippen LogP contribution in [0.3, 0.4) is 0 Å².